The Bertz CT molecular complexity index is 848. The van der Waals surface area contributed by atoms with Crippen molar-refractivity contribution in [1.82, 2.24) is 4.98 Å². The molecule has 0 fully saturated rings. The van der Waals surface area contributed by atoms with Gasteiger partial charge in [-0.15, -0.1) is 0 Å². The lowest BCUT2D eigenvalue weighted by atomic mass is 9.85. The van der Waals surface area contributed by atoms with Gasteiger partial charge in [0.2, 0.25) is 0 Å². The summed E-state index contributed by atoms with van der Waals surface area (Å²) < 4.78 is 52.2. The Labute approximate surface area is 147 Å². The van der Waals surface area contributed by atoms with Crippen molar-refractivity contribution >= 4 is 5.97 Å². The second-order valence-corrected chi connectivity index (χ2v) is 6.45. The molecule has 1 aliphatic carbocycles. The van der Waals surface area contributed by atoms with Crippen LogP contribution in [0.4, 0.5) is 17.6 Å². The average Bonchev–Trinajstić information content (AvgIpc) is 2.98. The molecule has 1 N–H and O–H groups in total. The second-order valence-electron chi connectivity index (χ2n) is 6.45. The summed E-state index contributed by atoms with van der Waals surface area (Å²) in [4.78, 5) is 15.6. The Kier molecular flexibility index (Phi) is 4.73. The summed E-state index contributed by atoms with van der Waals surface area (Å²) in [5.41, 5.74) is 1.18. The molecule has 3 nitrogen and oxygen atoms in total. The number of hydrogen-bond donors (Lipinski definition) is 1. The summed E-state index contributed by atoms with van der Waals surface area (Å²) in [6.07, 6.45) is 0.0404. The third-order valence-corrected chi connectivity index (χ3v) is 5.02. The van der Waals surface area contributed by atoms with Gasteiger partial charge in [0.15, 0.2) is 0 Å². The van der Waals surface area contributed by atoms with E-state index in [0.717, 1.165) is 23.3 Å². The fraction of sp³-hybridized carbons (Fsp3) is 0.368. The predicted molar refractivity (Wildman–Crippen MR) is 87.1 cm³/mol. The van der Waals surface area contributed by atoms with Gasteiger partial charge in [-0.2, -0.15) is 13.2 Å². The molecule has 0 bridgehead atoms. The van der Waals surface area contributed by atoms with E-state index in [0.29, 0.717) is 30.4 Å². The normalized spacial score (nSPS) is 17.8. The molecule has 1 aromatic heterocycles. The van der Waals surface area contributed by atoms with Crippen molar-refractivity contribution in [3.8, 4) is 11.1 Å². The largest absolute Gasteiger partial charge is 0.481 e. The molecule has 138 valence electrons. The quantitative estimate of drug-likeness (QED) is 0.770. The molecule has 0 saturated heterocycles. The van der Waals surface area contributed by atoms with Crippen molar-refractivity contribution in [3.05, 3.63) is 53.1 Å². The Hall–Kier alpha value is -2.44. The number of carboxylic acid groups (broad SMARTS) is 1. The maximum absolute atomic E-state index is 13.9. The van der Waals surface area contributed by atoms with E-state index < -0.39 is 29.4 Å². The third kappa shape index (κ3) is 3.18. The summed E-state index contributed by atoms with van der Waals surface area (Å²) in [5.74, 6) is -2.95. The topological polar surface area (TPSA) is 50.2 Å². The molecule has 0 aliphatic heterocycles. The van der Waals surface area contributed by atoms with Gasteiger partial charge in [-0.25, -0.2) is 4.39 Å². The molecule has 7 heteroatoms. The van der Waals surface area contributed by atoms with E-state index in [4.69, 9.17) is 0 Å². The molecule has 0 amide bonds. The van der Waals surface area contributed by atoms with Gasteiger partial charge in [-0.3, -0.25) is 9.78 Å². The predicted octanol–water partition coefficient (Wildman–Crippen LogP) is 5.05. The number of fused-ring (bicyclic) bond motifs is 1. The highest BCUT2D eigenvalue weighted by Crippen LogP contribution is 2.43. The van der Waals surface area contributed by atoms with Gasteiger partial charge in [-0.05, 0) is 54.0 Å². The van der Waals surface area contributed by atoms with Crippen LogP contribution in [0.2, 0.25) is 0 Å². The lowest BCUT2D eigenvalue weighted by molar-refractivity contribution is -0.143. The number of halogens is 4. The number of benzene rings is 1. The van der Waals surface area contributed by atoms with Crippen LogP contribution in [0, 0.1) is 11.7 Å². The lowest BCUT2D eigenvalue weighted by Gasteiger charge is -2.19. The fourth-order valence-electron chi connectivity index (χ4n) is 3.77. The van der Waals surface area contributed by atoms with Crippen molar-refractivity contribution in [2.24, 2.45) is 5.92 Å². The summed E-state index contributed by atoms with van der Waals surface area (Å²) in [6, 6.07) is 2.82. The SMILES string of the molecule is CCC(C(=O)O)C1CCc2c(-c3ccc(C(F)(F)F)c(F)c3)cncc21. The van der Waals surface area contributed by atoms with Crippen LogP contribution in [-0.4, -0.2) is 16.1 Å². The molecule has 26 heavy (non-hydrogen) atoms. The number of carboxylic acids is 1. The first kappa shape index (κ1) is 18.4. The minimum Gasteiger partial charge on any atom is -0.481 e. The first-order valence-corrected chi connectivity index (χ1v) is 8.30. The summed E-state index contributed by atoms with van der Waals surface area (Å²) in [7, 11) is 0. The van der Waals surface area contributed by atoms with Crippen molar-refractivity contribution in [3.63, 3.8) is 0 Å². The Morgan fingerprint density at radius 3 is 2.65 bits per heavy atom. The van der Waals surface area contributed by atoms with E-state index in [9.17, 15) is 27.5 Å². The van der Waals surface area contributed by atoms with Crippen LogP contribution in [0.15, 0.2) is 30.6 Å². The maximum Gasteiger partial charge on any atom is 0.419 e. The van der Waals surface area contributed by atoms with Gasteiger partial charge < -0.3 is 5.11 Å². The molecule has 1 aliphatic rings. The Morgan fingerprint density at radius 2 is 2.08 bits per heavy atom. The van der Waals surface area contributed by atoms with Gasteiger partial charge >= 0.3 is 12.1 Å². The van der Waals surface area contributed by atoms with E-state index in [1.54, 1.807) is 13.1 Å². The Morgan fingerprint density at radius 1 is 1.35 bits per heavy atom. The average molecular weight is 367 g/mol. The zero-order valence-electron chi connectivity index (χ0n) is 14.0. The highest BCUT2D eigenvalue weighted by molar-refractivity contribution is 5.74. The molecule has 2 aromatic rings. The van der Waals surface area contributed by atoms with E-state index in [1.165, 1.54) is 12.3 Å². The Balaban J connectivity index is 2.04. The summed E-state index contributed by atoms with van der Waals surface area (Å²) >= 11 is 0. The number of pyridine rings is 1. The van der Waals surface area contributed by atoms with Gasteiger partial charge in [0.25, 0.3) is 0 Å². The number of aromatic nitrogens is 1. The highest BCUT2D eigenvalue weighted by atomic mass is 19.4. The first-order valence-electron chi connectivity index (χ1n) is 8.30. The number of aliphatic carboxylic acids is 1. The number of hydrogen-bond acceptors (Lipinski definition) is 2. The number of rotatable bonds is 4. The maximum atomic E-state index is 13.9. The molecule has 2 atom stereocenters. The smallest absolute Gasteiger partial charge is 0.419 e. The van der Waals surface area contributed by atoms with Crippen molar-refractivity contribution in [2.75, 3.05) is 0 Å². The van der Waals surface area contributed by atoms with Crippen LogP contribution in [0.1, 0.15) is 42.4 Å². The standard InChI is InChI=1S/C19H17F4NO2/c1-2-11(18(25)26)12-4-5-13-14(8-24-9-15(12)13)10-3-6-16(17(20)7-10)19(21,22)23/h3,6-9,11-12H,2,4-5H2,1H3,(H,25,26). The monoisotopic (exact) mass is 367 g/mol. The van der Waals surface area contributed by atoms with Crippen molar-refractivity contribution in [1.29, 1.82) is 0 Å². The van der Waals surface area contributed by atoms with Crippen LogP contribution in [0.5, 0.6) is 0 Å². The molecule has 0 saturated carbocycles. The van der Waals surface area contributed by atoms with Gasteiger partial charge in [-0.1, -0.05) is 13.0 Å². The van der Waals surface area contributed by atoms with Crippen molar-refractivity contribution in [2.45, 2.75) is 38.3 Å². The van der Waals surface area contributed by atoms with Crippen LogP contribution in [0.3, 0.4) is 0 Å². The van der Waals surface area contributed by atoms with Crippen LogP contribution >= 0.6 is 0 Å². The summed E-state index contributed by atoms with van der Waals surface area (Å²) in [6.45, 7) is 1.80. The zero-order valence-corrected chi connectivity index (χ0v) is 14.0. The number of nitrogens with zero attached hydrogens (tertiary/aromatic N) is 1. The minimum absolute atomic E-state index is 0.195. The van der Waals surface area contributed by atoms with Crippen LogP contribution in [-0.2, 0) is 17.4 Å². The van der Waals surface area contributed by atoms with Gasteiger partial charge in [0.1, 0.15) is 5.82 Å². The van der Waals surface area contributed by atoms with E-state index in [-0.39, 0.29) is 5.92 Å². The fourth-order valence-corrected chi connectivity index (χ4v) is 3.77. The molecule has 2 unspecified atom stereocenters. The number of alkyl halides is 3. The van der Waals surface area contributed by atoms with Gasteiger partial charge in [0.05, 0.1) is 11.5 Å². The molecule has 3 rings (SSSR count). The highest BCUT2D eigenvalue weighted by Gasteiger charge is 2.36. The molecular weight excluding hydrogens is 350 g/mol. The van der Waals surface area contributed by atoms with E-state index in [2.05, 4.69) is 4.98 Å². The van der Waals surface area contributed by atoms with Crippen molar-refractivity contribution < 1.29 is 27.5 Å². The second kappa shape index (κ2) is 6.70. The lowest BCUT2D eigenvalue weighted by Crippen LogP contribution is -2.20. The minimum atomic E-state index is -4.75. The van der Waals surface area contributed by atoms with Gasteiger partial charge in [0, 0.05) is 18.0 Å². The molecule has 1 aromatic carbocycles. The number of carbonyl (C=O) groups is 1. The molecule has 1 heterocycles. The van der Waals surface area contributed by atoms with E-state index in [1.807, 2.05) is 0 Å². The molecular formula is C19H17F4NO2. The van der Waals surface area contributed by atoms with Crippen LogP contribution < -0.4 is 0 Å². The van der Waals surface area contributed by atoms with Crippen LogP contribution in [0.25, 0.3) is 11.1 Å². The molecule has 0 spiro atoms. The third-order valence-electron chi connectivity index (χ3n) is 5.02. The zero-order chi connectivity index (χ0) is 19.1. The van der Waals surface area contributed by atoms with E-state index >= 15 is 0 Å². The molecule has 0 radical (unpaired) electrons. The first-order chi connectivity index (χ1) is 12.2. The summed E-state index contributed by atoms with van der Waals surface area (Å²) in [5, 5.41) is 9.41.